The molecule has 0 aliphatic carbocycles. The van der Waals surface area contributed by atoms with Crippen LogP contribution < -0.4 is 10.9 Å². The summed E-state index contributed by atoms with van der Waals surface area (Å²) in [6, 6.07) is 11.1. The SMILES string of the molecule is CC(C)C(=O)NNC(=O)c1occc1-c1ccccc1. The zero-order valence-corrected chi connectivity index (χ0v) is 11.3. The van der Waals surface area contributed by atoms with Gasteiger partial charge in [-0.2, -0.15) is 0 Å². The van der Waals surface area contributed by atoms with Crippen molar-refractivity contribution in [3.05, 3.63) is 48.4 Å². The second-order valence-electron chi connectivity index (χ2n) is 4.63. The molecule has 0 aliphatic heterocycles. The number of carbonyl (C=O) groups excluding carboxylic acids is 2. The van der Waals surface area contributed by atoms with Crippen LogP contribution in [0.3, 0.4) is 0 Å². The van der Waals surface area contributed by atoms with Crippen LogP contribution in [0.5, 0.6) is 0 Å². The van der Waals surface area contributed by atoms with Gasteiger partial charge in [-0.3, -0.25) is 20.4 Å². The topological polar surface area (TPSA) is 71.3 Å². The van der Waals surface area contributed by atoms with E-state index in [1.807, 2.05) is 30.3 Å². The van der Waals surface area contributed by atoms with Gasteiger partial charge in [0.1, 0.15) is 0 Å². The van der Waals surface area contributed by atoms with Crippen molar-refractivity contribution in [1.82, 2.24) is 10.9 Å². The molecule has 2 N–H and O–H groups in total. The molecule has 0 saturated carbocycles. The van der Waals surface area contributed by atoms with E-state index in [0.717, 1.165) is 5.56 Å². The van der Waals surface area contributed by atoms with Gasteiger partial charge in [0.05, 0.1) is 6.26 Å². The van der Waals surface area contributed by atoms with Crippen molar-refractivity contribution in [3.63, 3.8) is 0 Å². The molecule has 1 aromatic heterocycles. The predicted molar refractivity (Wildman–Crippen MR) is 74.6 cm³/mol. The van der Waals surface area contributed by atoms with Gasteiger partial charge in [0.2, 0.25) is 11.7 Å². The van der Waals surface area contributed by atoms with E-state index in [0.29, 0.717) is 5.56 Å². The van der Waals surface area contributed by atoms with Crippen LogP contribution in [0.15, 0.2) is 47.1 Å². The van der Waals surface area contributed by atoms with E-state index in [1.54, 1.807) is 19.9 Å². The summed E-state index contributed by atoms with van der Waals surface area (Å²) in [5.41, 5.74) is 6.25. The number of furan rings is 1. The Bertz CT molecular complexity index is 603. The largest absolute Gasteiger partial charge is 0.458 e. The summed E-state index contributed by atoms with van der Waals surface area (Å²) >= 11 is 0. The van der Waals surface area contributed by atoms with Gasteiger partial charge in [0, 0.05) is 11.5 Å². The number of hydrazine groups is 1. The Labute approximate surface area is 117 Å². The quantitative estimate of drug-likeness (QED) is 0.843. The lowest BCUT2D eigenvalue weighted by molar-refractivity contribution is -0.124. The zero-order valence-electron chi connectivity index (χ0n) is 11.3. The van der Waals surface area contributed by atoms with Crippen molar-refractivity contribution >= 4 is 11.8 Å². The molecular weight excluding hydrogens is 256 g/mol. The van der Waals surface area contributed by atoms with Crippen LogP contribution in [-0.2, 0) is 4.79 Å². The minimum atomic E-state index is -0.483. The Morgan fingerprint density at radius 1 is 1.05 bits per heavy atom. The molecule has 0 unspecified atom stereocenters. The van der Waals surface area contributed by atoms with Crippen LogP contribution in [-0.4, -0.2) is 11.8 Å². The zero-order chi connectivity index (χ0) is 14.5. The molecule has 0 atom stereocenters. The first kappa shape index (κ1) is 13.9. The number of benzene rings is 1. The third kappa shape index (κ3) is 3.06. The van der Waals surface area contributed by atoms with Gasteiger partial charge in [-0.15, -0.1) is 0 Å². The summed E-state index contributed by atoms with van der Waals surface area (Å²) in [4.78, 5) is 23.4. The van der Waals surface area contributed by atoms with Gasteiger partial charge in [0.15, 0.2) is 0 Å². The normalized spacial score (nSPS) is 10.3. The van der Waals surface area contributed by atoms with Crippen molar-refractivity contribution in [2.24, 2.45) is 5.92 Å². The van der Waals surface area contributed by atoms with Crippen molar-refractivity contribution < 1.29 is 14.0 Å². The molecule has 0 radical (unpaired) electrons. The van der Waals surface area contributed by atoms with E-state index in [2.05, 4.69) is 10.9 Å². The van der Waals surface area contributed by atoms with E-state index in [-0.39, 0.29) is 17.6 Å². The van der Waals surface area contributed by atoms with E-state index >= 15 is 0 Å². The maximum absolute atomic E-state index is 12.0. The summed E-state index contributed by atoms with van der Waals surface area (Å²) < 4.78 is 5.21. The Balaban J connectivity index is 2.12. The van der Waals surface area contributed by atoms with Crippen LogP contribution in [0.1, 0.15) is 24.4 Å². The number of amides is 2. The van der Waals surface area contributed by atoms with E-state index in [1.165, 1.54) is 6.26 Å². The van der Waals surface area contributed by atoms with E-state index in [4.69, 9.17) is 4.42 Å². The van der Waals surface area contributed by atoms with Crippen LogP contribution in [0.2, 0.25) is 0 Å². The molecule has 2 aromatic rings. The third-order valence-electron chi connectivity index (χ3n) is 2.78. The smallest absolute Gasteiger partial charge is 0.306 e. The first-order valence-electron chi connectivity index (χ1n) is 6.32. The molecule has 104 valence electrons. The average Bonchev–Trinajstić information content (AvgIpc) is 2.94. The Hall–Kier alpha value is -2.56. The molecule has 20 heavy (non-hydrogen) atoms. The van der Waals surface area contributed by atoms with E-state index < -0.39 is 5.91 Å². The van der Waals surface area contributed by atoms with Gasteiger partial charge in [-0.1, -0.05) is 44.2 Å². The second kappa shape index (κ2) is 6.06. The number of hydrogen-bond donors (Lipinski definition) is 2. The van der Waals surface area contributed by atoms with E-state index in [9.17, 15) is 9.59 Å². The van der Waals surface area contributed by atoms with Gasteiger partial charge < -0.3 is 4.42 Å². The van der Waals surface area contributed by atoms with Crippen molar-refractivity contribution in [2.45, 2.75) is 13.8 Å². The molecule has 1 heterocycles. The molecule has 2 amide bonds. The monoisotopic (exact) mass is 272 g/mol. The van der Waals surface area contributed by atoms with Gasteiger partial charge in [0.25, 0.3) is 0 Å². The highest BCUT2D eigenvalue weighted by atomic mass is 16.3. The van der Waals surface area contributed by atoms with Gasteiger partial charge in [-0.05, 0) is 11.6 Å². The number of rotatable bonds is 3. The molecule has 5 nitrogen and oxygen atoms in total. The molecule has 0 fully saturated rings. The van der Waals surface area contributed by atoms with Gasteiger partial charge >= 0.3 is 5.91 Å². The molecule has 5 heteroatoms. The fraction of sp³-hybridized carbons (Fsp3) is 0.200. The lowest BCUT2D eigenvalue weighted by Crippen LogP contribution is -2.43. The summed E-state index contributed by atoms with van der Waals surface area (Å²) in [5.74, 6) is -0.783. The summed E-state index contributed by atoms with van der Waals surface area (Å²) in [5, 5.41) is 0. The van der Waals surface area contributed by atoms with Crippen molar-refractivity contribution in [3.8, 4) is 11.1 Å². The van der Waals surface area contributed by atoms with Crippen LogP contribution >= 0.6 is 0 Å². The Morgan fingerprint density at radius 2 is 1.75 bits per heavy atom. The number of nitrogens with one attached hydrogen (secondary N) is 2. The number of carbonyl (C=O) groups is 2. The Morgan fingerprint density at radius 3 is 2.40 bits per heavy atom. The highest BCUT2D eigenvalue weighted by molar-refractivity contribution is 5.99. The van der Waals surface area contributed by atoms with Crippen LogP contribution in [0.25, 0.3) is 11.1 Å². The second-order valence-corrected chi connectivity index (χ2v) is 4.63. The highest BCUT2D eigenvalue weighted by Crippen LogP contribution is 2.24. The molecule has 1 aromatic carbocycles. The summed E-state index contributed by atoms with van der Waals surface area (Å²) in [6.45, 7) is 3.48. The lowest BCUT2D eigenvalue weighted by atomic mass is 10.1. The standard InChI is InChI=1S/C15H16N2O3/c1-10(2)14(18)16-17-15(19)13-12(8-9-20-13)11-6-4-3-5-7-11/h3-10H,1-2H3,(H,16,18)(H,17,19). The fourth-order valence-corrected chi connectivity index (χ4v) is 1.65. The summed E-state index contributed by atoms with van der Waals surface area (Å²) in [7, 11) is 0. The molecule has 2 rings (SSSR count). The highest BCUT2D eigenvalue weighted by Gasteiger charge is 2.17. The summed E-state index contributed by atoms with van der Waals surface area (Å²) in [6.07, 6.45) is 1.45. The minimum absolute atomic E-state index is 0.167. The van der Waals surface area contributed by atoms with Crippen molar-refractivity contribution in [2.75, 3.05) is 0 Å². The predicted octanol–water partition coefficient (Wildman–Crippen LogP) is 2.36. The van der Waals surface area contributed by atoms with Crippen LogP contribution in [0.4, 0.5) is 0 Å². The maximum Gasteiger partial charge on any atom is 0.306 e. The fourth-order valence-electron chi connectivity index (χ4n) is 1.65. The first-order valence-corrected chi connectivity index (χ1v) is 6.32. The molecular formula is C15H16N2O3. The Kier molecular flexibility index (Phi) is 4.20. The maximum atomic E-state index is 12.0. The first-order chi connectivity index (χ1) is 9.59. The lowest BCUT2D eigenvalue weighted by Gasteiger charge is -2.09. The average molecular weight is 272 g/mol. The molecule has 0 aliphatic rings. The number of hydrogen-bond acceptors (Lipinski definition) is 3. The van der Waals surface area contributed by atoms with Crippen LogP contribution in [0, 0.1) is 5.92 Å². The molecule has 0 bridgehead atoms. The molecule has 0 spiro atoms. The minimum Gasteiger partial charge on any atom is -0.458 e. The third-order valence-corrected chi connectivity index (χ3v) is 2.78. The molecule has 0 saturated heterocycles. The van der Waals surface area contributed by atoms with Gasteiger partial charge in [-0.25, -0.2) is 0 Å². The van der Waals surface area contributed by atoms with Crippen molar-refractivity contribution in [1.29, 1.82) is 0 Å².